The van der Waals surface area contributed by atoms with Crippen LogP contribution in [0, 0.1) is 0 Å². The summed E-state index contributed by atoms with van der Waals surface area (Å²) in [5, 5.41) is 25.6. The number of carbonyl (C=O) groups excluding carboxylic acids is 1. The number of tetrazole rings is 1. The number of nitrogens with one attached hydrogen (secondary N) is 1. The van der Waals surface area contributed by atoms with E-state index in [2.05, 4.69) is 50.1 Å². The van der Waals surface area contributed by atoms with E-state index in [1.807, 2.05) is 78.9 Å². The molecule has 0 aliphatic carbocycles. The Labute approximate surface area is 288 Å². The smallest absolute Gasteiger partial charge is 0.253 e. The molecule has 3 heterocycles. The first-order chi connectivity index (χ1) is 24.1. The molecule has 0 saturated carbocycles. The molecule has 246 valence electrons. The number of carbonyl (C=O) groups is 1. The van der Waals surface area contributed by atoms with E-state index < -0.39 is 6.29 Å². The highest BCUT2D eigenvalue weighted by atomic mass is 32.2. The minimum Gasteiger partial charge on any atom is -0.392 e. The number of hydrogen-bond donors (Lipinski definition) is 2. The maximum atomic E-state index is 12.6. The van der Waals surface area contributed by atoms with Gasteiger partial charge in [0.05, 0.1) is 30.1 Å². The second-order valence-corrected chi connectivity index (χ2v) is 12.6. The highest BCUT2D eigenvalue weighted by molar-refractivity contribution is 7.99. The Morgan fingerprint density at radius 1 is 0.857 bits per heavy atom. The van der Waals surface area contributed by atoms with Gasteiger partial charge < -0.3 is 19.9 Å². The van der Waals surface area contributed by atoms with Crippen LogP contribution in [-0.4, -0.2) is 48.1 Å². The van der Waals surface area contributed by atoms with Crippen molar-refractivity contribution in [1.82, 2.24) is 30.5 Å². The summed E-state index contributed by atoms with van der Waals surface area (Å²) in [6.07, 6.45) is 2.83. The van der Waals surface area contributed by atoms with Crippen molar-refractivity contribution in [3.63, 3.8) is 0 Å². The lowest BCUT2D eigenvalue weighted by Gasteiger charge is -2.36. The van der Waals surface area contributed by atoms with Gasteiger partial charge in [0.1, 0.15) is 0 Å². The molecule has 2 N–H and O–H groups in total. The maximum absolute atomic E-state index is 12.6. The van der Waals surface area contributed by atoms with Crippen LogP contribution in [0.1, 0.15) is 51.4 Å². The fourth-order valence-corrected chi connectivity index (χ4v) is 6.61. The third kappa shape index (κ3) is 7.93. The molecule has 4 aromatic carbocycles. The molecule has 0 spiro atoms. The van der Waals surface area contributed by atoms with Crippen molar-refractivity contribution < 1.29 is 19.4 Å². The summed E-state index contributed by atoms with van der Waals surface area (Å²) in [4.78, 5) is 16.6. The molecule has 1 saturated heterocycles. The Bertz CT molecular complexity index is 1990. The summed E-state index contributed by atoms with van der Waals surface area (Å²) in [5.74, 6) is 0.446. The molecule has 1 fully saturated rings. The van der Waals surface area contributed by atoms with Crippen molar-refractivity contribution in [2.75, 3.05) is 5.75 Å². The molecule has 3 atom stereocenters. The molecule has 2 aromatic heterocycles. The van der Waals surface area contributed by atoms with Gasteiger partial charge in [-0.25, -0.2) is 0 Å². The van der Waals surface area contributed by atoms with Gasteiger partial charge in [-0.3, -0.25) is 9.78 Å². The number of para-hydroxylation sites is 1. The normalized spacial score (nSPS) is 17.4. The number of aliphatic hydroxyl groups is 1. The second-order valence-electron chi connectivity index (χ2n) is 11.6. The van der Waals surface area contributed by atoms with Crippen LogP contribution in [0.25, 0.3) is 16.8 Å². The van der Waals surface area contributed by atoms with Crippen LogP contribution < -0.4 is 5.32 Å². The van der Waals surface area contributed by atoms with E-state index in [9.17, 15) is 9.90 Å². The second kappa shape index (κ2) is 15.3. The lowest BCUT2D eigenvalue weighted by molar-refractivity contribution is -0.245. The molecule has 49 heavy (non-hydrogen) atoms. The minimum atomic E-state index is -0.617. The summed E-state index contributed by atoms with van der Waals surface area (Å²) in [7, 11) is 0. The highest BCUT2D eigenvalue weighted by Gasteiger charge is 2.33. The molecule has 11 heteroatoms. The highest BCUT2D eigenvalue weighted by Crippen LogP contribution is 2.40. The number of ether oxygens (including phenoxy) is 2. The quantitative estimate of drug-likeness (QED) is 0.149. The van der Waals surface area contributed by atoms with Gasteiger partial charge >= 0.3 is 0 Å². The predicted molar refractivity (Wildman–Crippen MR) is 186 cm³/mol. The van der Waals surface area contributed by atoms with Crippen LogP contribution in [0.2, 0.25) is 0 Å². The van der Waals surface area contributed by atoms with Crippen LogP contribution in [-0.2, 0) is 22.6 Å². The number of thioether (sulfide) groups is 1. The number of rotatable bonds is 11. The Hall–Kier alpha value is -5.20. The average molecular weight is 671 g/mol. The Morgan fingerprint density at radius 2 is 1.67 bits per heavy atom. The molecule has 1 aliphatic heterocycles. The Morgan fingerprint density at radius 3 is 2.47 bits per heavy atom. The van der Waals surface area contributed by atoms with Gasteiger partial charge in [-0.15, -0.1) is 5.10 Å². The first-order valence-corrected chi connectivity index (χ1v) is 17.0. The number of nitrogens with zero attached hydrogens (tertiary/aromatic N) is 5. The van der Waals surface area contributed by atoms with Crippen molar-refractivity contribution >= 4 is 17.7 Å². The molecule has 1 aliphatic rings. The Balaban J connectivity index is 1.10. The zero-order chi connectivity index (χ0) is 33.4. The van der Waals surface area contributed by atoms with E-state index in [1.54, 1.807) is 41.0 Å². The van der Waals surface area contributed by atoms with Gasteiger partial charge in [-0.05, 0) is 74.6 Å². The van der Waals surface area contributed by atoms with Crippen LogP contribution in [0.4, 0.5) is 0 Å². The molecule has 6 aromatic rings. The largest absolute Gasteiger partial charge is 0.392 e. The standard InChI is InChI=1S/C38H34N6O4S/c45-24-26-14-16-28(17-15-26)35-21-34(25-49-38-41-42-43-44(38)33-12-2-1-3-13-33)47-37(48-35)31-10-5-9-30(20-31)29-8-4-7-27(19-29)22-40-36(46)32-11-6-18-39-23-32/h1-20,23,34-35,37,45H,21-22,24-25H2,(H,40,46)/t34-,35+,37+/m1/s1. The summed E-state index contributed by atoms with van der Waals surface area (Å²) in [6.45, 7) is 0.373. The fraction of sp³-hybridized carbons (Fsp3) is 0.184. The van der Waals surface area contributed by atoms with E-state index >= 15 is 0 Å². The zero-order valence-electron chi connectivity index (χ0n) is 26.5. The third-order valence-corrected chi connectivity index (χ3v) is 9.30. The van der Waals surface area contributed by atoms with Crippen LogP contribution in [0.3, 0.4) is 0 Å². The molecule has 0 bridgehead atoms. The molecule has 10 nitrogen and oxygen atoms in total. The van der Waals surface area contributed by atoms with Crippen LogP contribution >= 0.6 is 11.8 Å². The van der Waals surface area contributed by atoms with Crippen molar-refractivity contribution in [3.8, 4) is 16.8 Å². The van der Waals surface area contributed by atoms with Gasteiger partial charge in [-0.2, -0.15) is 4.68 Å². The van der Waals surface area contributed by atoms with E-state index in [0.29, 0.717) is 29.4 Å². The monoisotopic (exact) mass is 670 g/mol. The van der Waals surface area contributed by atoms with Crippen LogP contribution in [0.5, 0.6) is 0 Å². The number of pyridine rings is 1. The van der Waals surface area contributed by atoms with Crippen LogP contribution in [0.15, 0.2) is 133 Å². The number of benzene rings is 4. The molecule has 7 rings (SSSR count). The zero-order valence-corrected chi connectivity index (χ0v) is 27.3. The van der Waals surface area contributed by atoms with E-state index in [-0.39, 0.29) is 24.7 Å². The number of aliphatic hydroxyl groups excluding tert-OH is 1. The minimum absolute atomic E-state index is 0.0161. The van der Waals surface area contributed by atoms with Gasteiger partial charge in [0, 0.05) is 36.7 Å². The van der Waals surface area contributed by atoms with E-state index in [4.69, 9.17) is 9.47 Å². The summed E-state index contributed by atoms with van der Waals surface area (Å²) < 4.78 is 15.0. The first kappa shape index (κ1) is 32.4. The van der Waals surface area contributed by atoms with Crippen molar-refractivity contribution in [2.24, 2.45) is 0 Å². The molecular formula is C38H34N6O4S. The van der Waals surface area contributed by atoms with Gasteiger partial charge in [0.2, 0.25) is 5.16 Å². The summed E-state index contributed by atoms with van der Waals surface area (Å²) in [5.41, 5.74) is 7.17. The van der Waals surface area contributed by atoms with Crippen molar-refractivity contribution in [2.45, 2.75) is 43.2 Å². The average Bonchev–Trinajstić information content (AvgIpc) is 3.66. The predicted octanol–water partition coefficient (Wildman–Crippen LogP) is 6.48. The fourth-order valence-electron chi connectivity index (χ4n) is 5.70. The van der Waals surface area contributed by atoms with Crippen molar-refractivity contribution in [1.29, 1.82) is 0 Å². The lowest BCUT2D eigenvalue weighted by Crippen LogP contribution is -2.31. The summed E-state index contributed by atoms with van der Waals surface area (Å²) >= 11 is 1.54. The number of aromatic nitrogens is 5. The number of hydrogen-bond acceptors (Lipinski definition) is 9. The summed E-state index contributed by atoms with van der Waals surface area (Å²) in [6, 6.07) is 37.4. The van der Waals surface area contributed by atoms with Gasteiger partial charge in [0.25, 0.3) is 5.91 Å². The Kier molecular flexibility index (Phi) is 10.1. The number of amides is 1. The van der Waals surface area contributed by atoms with Gasteiger partial charge in [-0.1, -0.05) is 90.6 Å². The third-order valence-electron chi connectivity index (χ3n) is 8.25. The lowest BCUT2D eigenvalue weighted by atomic mass is 9.99. The molecule has 0 radical (unpaired) electrons. The van der Waals surface area contributed by atoms with E-state index in [1.165, 1.54) is 0 Å². The molecule has 1 amide bonds. The van der Waals surface area contributed by atoms with Crippen molar-refractivity contribution in [3.05, 3.63) is 155 Å². The van der Waals surface area contributed by atoms with Gasteiger partial charge in [0.15, 0.2) is 6.29 Å². The SMILES string of the molecule is O=C(NCc1cccc(-c2cccc([C@H]3O[C@@H](CSc4nnnn4-c4ccccc4)C[C@@H](c4ccc(CO)cc4)O3)c2)c1)c1cccnc1. The topological polar surface area (TPSA) is 124 Å². The molecular weight excluding hydrogens is 637 g/mol. The van der Waals surface area contributed by atoms with E-state index in [0.717, 1.165) is 39.1 Å². The maximum Gasteiger partial charge on any atom is 0.253 e. The molecule has 0 unspecified atom stereocenters. The first-order valence-electron chi connectivity index (χ1n) is 16.0.